The predicted molar refractivity (Wildman–Crippen MR) is 42.8 cm³/mol. The average Bonchev–Trinajstić information content (AvgIpc) is 2.35. The molecule has 0 bridgehead atoms. The normalized spacial score (nSPS) is 24.7. The van der Waals surface area contributed by atoms with Crippen LogP contribution in [0.3, 0.4) is 0 Å². The van der Waals surface area contributed by atoms with Crippen LogP contribution in [0.15, 0.2) is 11.1 Å². The minimum atomic E-state index is -0.894. The van der Waals surface area contributed by atoms with Crippen LogP contribution >= 0.6 is 0 Å². The largest absolute Gasteiger partial charge is 0.346 e. The highest BCUT2D eigenvalue weighted by Gasteiger charge is 2.40. The maximum Gasteiger partial charge on any atom is 0.181 e. The molecule has 0 saturated heterocycles. The predicted octanol–water partition coefficient (Wildman–Crippen LogP) is 1.03. The molecular formula is C9H7N3O. The fraction of sp³-hybridized carbons (Fsp3) is 0.444. The molecule has 0 spiro atoms. The fourth-order valence-electron chi connectivity index (χ4n) is 1.27. The van der Waals surface area contributed by atoms with Crippen molar-refractivity contribution in [3.63, 3.8) is 0 Å². The molecule has 1 atom stereocenters. The van der Waals surface area contributed by atoms with Crippen molar-refractivity contribution in [1.82, 2.24) is 0 Å². The molecule has 13 heavy (non-hydrogen) atoms. The molecule has 1 rings (SSSR count). The maximum absolute atomic E-state index is 8.77. The lowest BCUT2D eigenvalue weighted by Crippen LogP contribution is -2.23. The first kappa shape index (κ1) is 9.26. The summed E-state index contributed by atoms with van der Waals surface area (Å²) >= 11 is 0. The lowest BCUT2D eigenvalue weighted by Gasteiger charge is -2.17. The molecule has 0 radical (unpaired) electrons. The summed E-state index contributed by atoms with van der Waals surface area (Å²) < 4.78 is 5.22. The Morgan fingerprint density at radius 1 is 1.23 bits per heavy atom. The van der Waals surface area contributed by atoms with Gasteiger partial charge >= 0.3 is 0 Å². The highest BCUT2D eigenvalue weighted by molar-refractivity contribution is 5.50. The van der Waals surface area contributed by atoms with Gasteiger partial charge in [0.15, 0.2) is 6.10 Å². The molecule has 0 aromatic rings. The Hall–Kier alpha value is -1.83. The van der Waals surface area contributed by atoms with Crippen LogP contribution in [0, 0.1) is 34.0 Å². The van der Waals surface area contributed by atoms with E-state index in [0.29, 0.717) is 0 Å². The van der Waals surface area contributed by atoms with Crippen molar-refractivity contribution in [1.29, 1.82) is 15.8 Å². The van der Waals surface area contributed by atoms with Crippen LogP contribution in [0.4, 0.5) is 0 Å². The zero-order valence-electron chi connectivity index (χ0n) is 7.33. The van der Waals surface area contributed by atoms with E-state index in [1.165, 1.54) is 0 Å². The van der Waals surface area contributed by atoms with Crippen molar-refractivity contribution in [3.05, 3.63) is 11.1 Å². The van der Waals surface area contributed by atoms with Crippen molar-refractivity contribution < 1.29 is 4.74 Å². The Kier molecular flexibility index (Phi) is 2.07. The van der Waals surface area contributed by atoms with Crippen LogP contribution in [0.5, 0.6) is 0 Å². The van der Waals surface area contributed by atoms with Crippen molar-refractivity contribution in [2.45, 2.75) is 25.6 Å². The number of hydrogen-bond acceptors (Lipinski definition) is 4. The second kappa shape index (κ2) is 2.90. The summed E-state index contributed by atoms with van der Waals surface area (Å²) in [6, 6.07) is 5.56. The van der Waals surface area contributed by atoms with Gasteiger partial charge in [0.2, 0.25) is 0 Å². The topological polar surface area (TPSA) is 80.6 Å². The van der Waals surface area contributed by atoms with Crippen molar-refractivity contribution in [3.8, 4) is 18.2 Å². The number of nitrogens with zero attached hydrogens (tertiary/aromatic N) is 3. The average molecular weight is 173 g/mol. The van der Waals surface area contributed by atoms with Crippen LogP contribution < -0.4 is 0 Å². The number of nitriles is 3. The van der Waals surface area contributed by atoms with Crippen molar-refractivity contribution in [2.75, 3.05) is 0 Å². The molecule has 0 N–H and O–H groups in total. The number of ether oxygens (including phenoxy) is 1. The van der Waals surface area contributed by atoms with Crippen LogP contribution in [-0.2, 0) is 4.74 Å². The van der Waals surface area contributed by atoms with Gasteiger partial charge in [0.1, 0.15) is 11.7 Å². The molecule has 0 aromatic heterocycles. The van der Waals surface area contributed by atoms with E-state index < -0.39 is 11.7 Å². The Morgan fingerprint density at radius 2 is 1.85 bits per heavy atom. The molecule has 0 aliphatic carbocycles. The highest BCUT2D eigenvalue weighted by Crippen LogP contribution is 2.34. The van der Waals surface area contributed by atoms with Gasteiger partial charge in [-0.25, -0.2) is 0 Å². The number of hydrogen-bond donors (Lipinski definition) is 0. The molecule has 1 unspecified atom stereocenters. The Morgan fingerprint density at radius 3 is 2.23 bits per heavy atom. The van der Waals surface area contributed by atoms with E-state index in [2.05, 4.69) is 0 Å². The fourth-order valence-corrected chi connectivity index (χ4v) is 1.27. The van der Waals surface area contributed by atoms with Gasteiger partial charge in [-0.1, -0.05) is 0 Å². The van der Waals surface area contributed by atoms with Crippen LogP contribution in [0.25, 0.3) is 0 Å². The zero-order valence-corrected chi connectivity index (χ0v) is 7.33. The maximum atomic E-state index is 8.77. The van der Waals surface area contributed by atoms with Gasteiger partial charge in [-0.2, -0.15) is 15.8 Å². The Bertz CT molecular complexity index is 387. The first-order chi connectivity index (χ1) is 6.06. The third kappa shape index (κ3) is 1.26. The molecule has 0 fully saturated rings. The Balaban J connectivity index is 3.28. The SMILES string of the molecule is CC1(C)OC(C#N)C(C#N)=C1C#N. The van der Waals surface area contributed by atoms with E-state index in [9.17, 15) is 0 Å². The summed E-state index contributed by atoms with van der Waals surface area (Å²) in [5.74, 6) is 0. The van der Waals surface area contributed by atoms with Crippen LogP contribution in [-0.4, -0.2) is 11.7 Å². The molecule has 0 saturated carbocycles. The summed E-state index contributed by atoms with van der Waals surface area (Å²) in [4.78, 5) is 0. The standard InChI is InChI=1S/C9H7N3O/c1-9(2)7(4-11)6(3-10)8(5-12)13-9/h8H,1-2H3. The van der Waals surface area contributed by atoms with Gasteiger partial charge in [-0.05, 0) is 13.8 Å². The first-order valence-corrected chi connectivity index (χ1v) is 3.69. The van der Waals surface area contributed by atoms with Gasteiger partial charge in [0.25, 0.3) is 0 Å². The molecule has 4 nitrogen and oxygen atoms in total. The van der Waals surface area contributed by atoms with Crippen molar-refractivity contribution >= 4 is 0 Å². The molecule has 1 heterocycles. The third-order valence-corrected chi connectivity index (χ3v) is 1.90. The van der Waals surface area contributed by atoms with Crippen LogP contribution in [0.2, 0.25) is 0 Å². The molecule has 1 aliphatic rings. The third-order valence-electron chi connectivity index (χ3n) is 1.90. The lowest BCUT2D eigenvalue weighted by molar-refractivity contribution is 0.0209. The van der Waals surface area contributed by atoms with E-state index in [4.69, 9.17) is 20.5 Å². The van der Waals surface area contributed by atoms with Gasteiger partial charge < -0.3 is 4.74 Å². The van der Waals surface area contributed by atoms with Crippen LogP contribution in [0.1, 0.15) is 13.8 Å². The molecule has 4 heteroatoms. The van der Waals surface area contributed by atoms with Gasteiger partial charge in [-0.3, -0.25) is 0 Å². The van der Waals surface area contributed by atoms with Gasteiger partial charge in [-0.15, -0.1) is 0 Å². The zero-order chi connectivity index (χ0) is 10.1. The molecule has 0 amide bonds. The summed E-state index contributed by atoms with van der Waals surface area (Å²) in [7, 11) is 0. The second-order valence-electron chi connectivity index (χ2n) is 3.15. The second-order valence-corrected chi connectivity index (χ2v) is 3.15. The van der Waals surface area contributed by atoms with E-state index in [-0.39, 0.29) is 11.1 Å². The molecule has 0 aromatic carbocycles. The first-order valence-electron chi connectivity index (χ1n) is 3.69. The van der Waals surface area contributed by atoms with E-state index in [1.807, 2.05) is 18.2 Å². The van der Waals surface area contributed by atoms with E-state index in [0.717, 1.165) is 0 Å². The summed E-state index contributed by atoms with van der Waals surface area (Å²) in [5.41, 5.74) is -0.434. The smallest absolute Gasteiger partial charge is 0.181 e. The highest BCUT2D eigenvalue weighted by atomic mass is 16.5. The number of rotatable bonds is 0. The summed E-state index contributed by atoms with van der Waals surface area (Å²) in [6.07, 6.45) is -0.894. The van der Waals surface area contributed by atoms with Gasteiger partial charge in [0.05, 0.1) is 23.3 Å². The van der Waals surface area contributed by atoms with E-state index >= 15 is 0 Å². The summed E-state index contributed by atoms with van der Waals surface area (Å²) in [5, 5.41) is 26.1. The monoisotopic (exact) mass is 173 g/mol. The van der Waals surface area contributed by atoms with E-state index in [1.54, 1.807) is 13.8 Å². The minimum absolute atomic E-state index is 0.134. The Labute approximate surface area is 76.3 Å². The van der Waals surface area contributed by atoms with Crippen molar-refractivity contribution in [2.24, 2.45) is 0 Å². The quantitative estimate of drug-likeness (QED) is 0.547. The lowest BCUT2D eigenvalue weighted by atomic mass is 9.96. The van der Waals surface area contributed by atoms with Gasteiger partial charge in [0, 0.05) is 0 Å². The molecular weight excluding hydrogens is 166 g/mol. The summed E-state index contributed by atoms with van der Waals surface area (Å²) in [6.45, 7) is 3.33. The minimum Gasteiger partial charge on any atom is -0.346 e. The molecule has 1 aliphatic heterocycles. The molecule has 64 valence electrons.